The number of hydrogen-bond donors (Lipinski definition) is 11. The SMILES string of the molecule is CC(C)(C)NC(=O)[C@@H]1CC2SCC[C@@H]2CN1.CCOC(=O)N1CC2CCSC2C[C@H]1C(=O)NC(C)(C)C.CCOC(=O)N1Cc2ccsc2C[C@H]1C(=O)NC(C)(C)C.CCOC(=O)NC(CC)C1CO1.CCOC(=O)N[C@@H](Cc1cccs1)C(=O)NC(C)(C)C.CCOC(=O)N[C@@H](Cc1cccs1)C(=O)O.N[C@@H](Cc1cccs1)C(=O)O. The fraction of sp³-hybridized carbons (Fsp3) is 0.667. The van der Waals surface area contributed by atoms with Crippen LogP contribution in [0.3, 0.4) is 0 Å². The van der Waals surface area contributed by atoms with Crippen LogP contribution in [0.1, 0.15) is 182 Å². The Kier molecular flexibility index (Phi) is 44.1. The number of thiophene rings is 4. The number of carboxylic acid groups (broad SMARTS) is 2. The zero-order valence-corrected chi connectivity index (χ0v) is 76.1. The van der Waals surface area contributed by atoms with Crippen LogP contribution in [-0.4, -0.2) is 231 Å². The number of piperidine rings is 2. The normalized spacial score (nSPS) is 20.5. The van der Waals surface area contributed by atoms with Gasteiger partial charge in [-0.05, 0) is 231 Å². The number of rotatable bonds is 22. The van der Waals surface area contributed by atoms with E-state index in [9.17, 15) is 52.7 Å². The number of likely N-dealkylation sites (tertiary alicyclic amines) is 1. The molecule has 6 aliphatic heterocycles. The smallest absolute Gasteiger partial charge is 0.410 e. The second-order valence-electron chi connectivity index (χ2n) is 32.3. The van der Waals surface area contributed by atoms with Crippen LogP contribution in [0, 0.1) is 11.8 Å². The van der Waals surface area contributed by atoms with Gasteiger partial charge in [-0.1, -0.05) is 25.1 Å². The molecular formula is C81H129N11O19S6. The number of hydrogen-bond acceptors (Lipinski definition) is 25. The molecule has 5 saturated heterocycles. The van der Waals surface area contributed by atoms with Crippen LogP contribution in [0.15, 0.2) is 64.0 Å². The van der Waals surface area contributed by atoms with E-state index in [0.717, 1.165) is 70.7 Å². The maximum absolute atomic E-state index is 12.6. The van der Waals surface area contributed by atoms with Gasteiger partial charge in [-0.3, -0.25) is 33.8 Å². The van der Waals surface area contributed by atoms with Crippen LogP contribution in [0.2, 0.25) is 0 Å². The summed E-state index contributed by atoms with van der Waals surface area (Å²) in [7, 11) is 0. The lowest BCUT2D eigenvalue weighted by Crippen LogP contribution is -2.58. The molecule has 12 N–H and O–H groups in total. The maximum atomic E-state index is 12.6. The standard InChI is InChI=1S/C15H26N2O3S.C15H22N2O3S.C14H22N2O3S.C12H22N2OS.C10H13NO4S.C8H15NO3.C7H9NO2S/c2*1-5-20-14(19)17-9-10-6-7-21-12(10)8-11(17)13(18)16-15(2,3)4;1-5-19-13(18)15-11(9-10-7-6-8-20-10)12(17)16-14(2,3)4;1-12(2,3)14-11(15)9-6-10-8(7-13-9)4-5-16-10;1-2-15-10(14)11-8(9(12)13)6-7-4-3-5-16-7;1-3-6(7-5-12-7)9-8(10)11-4-2;8-6(7(9)10)4-5-2-1-3-11-5/h10-12H,5-9H2,1-4H3,(H,16,18);6-7,11H,5,8-9H2,1-4H3,(H,16,18);6-8,11H,5,9H2,1-4H3,(H,15,18)(H,16,17);8-10,13H,4-7H2,1-3H3,(H,14,15);3-5,8H,2,6H2,1H3,(H,11,14)(H,12,13);6-7H,3-5H2,1-2H3,(H,9,10);1-3,6H,4,8H2,(H,9,10)/t10?,11-,12?;2*11-;8-,9+,10?;8-;;6-/m00010.0/s1. The number of nitrogens with zero attached hydrogens (tertiary/aromatic N) is 2. The number of carbonyl (C=O) groups is 11. The predicted molar refractivity (Wildman–Crippen MR) is 462 cm³/mol. The van der Waals surface area contributed by atoms with Gasteiger partial charge in [0, 0.05) is 84.4 Å². The third-order valence-corrected chi connectivity index (χ3v) is 24.4. The summed E-state index contributed by atoms with van der Waals surface area (Å²) in [5.74, 6) is 1.43. The molecule has 36 heteroatoms. The van der Waals surface area contributed by atoms with Gasteiger partial charge in [-0.25, -0.2) is 28.8 Å². The Bertz CT molecular complexity index is 3690. The minimum atomic E-state index is -1.07. The Balaban J connectivity index is 0.000000290. The number of nitrogens with one attached hydrogen (secondary N) is 8. The molecule has 0 spiro atoms. The molecule has 9 amide bonds. The number of alkyl carbamates (subject to hydrolysis) is 3. The van der Waals surface area contributed by atoms with Crippen molar-refractivity contribution >= 4 is 135 Å². The number of carboxylic acids is 2. The van der Waals surface area contributed by atoms with E-state index in [1.54, 1.807) is 62.2 Å². The van der Waals surface area contributed by atoms with Gasteiger partial charge < -0.3 is 86.9 Å². The molecule has 0 radical (unpaired) electrons. The fourth-order valence-corrected chi connectivity index (χ4v) is 18.7. The van der Waals surface area contributed by atoms with Gasteiger partial charge in [0.25, 0.3) is 0 Å². The van der Waals surface area contributed by atoms with Crippen LogP contribution in [-0.2, 0) is 89.4 Å². The summed E-state index contributed by atoms with van der Waals surface area (Å²) in [4.78, 5) is 136. The molecule has 0 bridgehead atoms. The van der Waals surface area contributed by atoms with Gasteiger partial charge in [0.05, 0.1) is 58.3 Å². The number of nitrogens with two attached hydrogens (primary N) is 1. The van der Waals surface area contributed by atoms with Crippen molar-refractivity contribution in [2.24, 2.45) is 17.6 Å². The van der Waals surface area contributed by atoms with E-state index in [-0.39, 0.29) is 95.8 Å². The lowest BCUT2D eigenvalue weighted by Gasteiger charge is -2.40. The van der Waals surface area contributed by atoms with E-state index in [1.165, 1.54) is 44.6 Å². The number of amides is 9. The van der Waals surface area contributed by atoms with Crippen molar-refractivity contribution in [3.05, 3.63) is 89.1 Å². The summed E-state index contributed by atoms with van der Waals surface area (Å²) in [5.41, 5.74) is 5.33. The Labute approximate surface area is 714 Å². The van der Waals surface area contributed by atoms with Crippen LogP contribution in [0.5, 0.6) is 0 Å². The molecule has 0 aromatic carbocycles. The van der Waals surface area contributed by atoms with E-state index in [4.69, 9.17) is 39.6 Å². The highest BCUT2D eigenvalue weighted by atomic mass is 32.2. The molecule has 5 unspecified atom stereocenters. The minimum Gasteiger partial charge on any atom is -0.480 e. The average molecular weight is 1750 g/mol. The van der Waals surface area contributed by atoms with Gasteiger partial charge in [0.15, 0.2) is 0 Å². The second kappa shape index (κ2) is 50.6. The van der Waals surface area contributed by atoms with E-state index >= 15 is 0 Å². The summed E-state index contributed by atoms with van der Waals surface area (Å²) in [6, 6.07) is 10.2. The van der Waals surface area contributed by atoms with Crippen molar-refractivity contribution in [1.29, 1.82) is 0 Å². The van der Waals surface area contributed by atoms with Crippen molar-refractivity contribution in [3.63, 3.8) is 0 Å². The molecule has 0 saturated carbocycles. The van der Waals surface area contributed by atoms with Crippen molar-refractivity contribution in [2.75, 3.05) is 64.2 Å². The molecule has 4 aromatic rings. The Morgan fingerprint density at radius 2 is 0.974 bits per heavy atom. The monoisotopic (exact) mass is 1750 g/mol. The topological polar surface area (TPSA) is 416 Å². The first kappa shape index (κ1) is 102. The molecule has 12 atom stereocenters. The van der Waals surface area contributed by atoms with Crippen LogP contribution in [0.25, 0.3) is 0 Å². The average Bonchev–Trinajstić information content (AvgIpc) is 1.74. The summed E-state index contributed by atoms with van der Waals surface area (Å²) < 4.78 is 29.5. The molecular weight excluding hydrogens is 1620 g/mol. The molecule has 4 aromatic heterocycles. The number of ether oxygens (including phenoxy) is 6. The first-order valence-corrected chi connectivity index (χ1v) is 45.5. The van der Waals surface area contributed by atoms with Gasteiger partial charge in [0.2, 0.25) is 23.6 Å². The second-order valence-corrected chi connectivity index (χ2v) is 39.1. The lowest BCUT2D eigenvalue weighted by molar-refractivity contribution is -0.139. The molecule has 117 heavy (non-hydrogen) atoms. The molecule has 0 aliphatic carbocycles. The molecule has 658 valence electrons. The highest BCUT2D eigenvalue weighted by Gasteiger charge is 2.45. The molecule has 6 aliphatic rings. The van der Waals surface area contributed by atoms with E-state index in [2.05, 4.69) is 47.3 Å². The third kappa shape index (κ3) is 39.5. The zero-order chi connectivity index (χ0) is 87.4. The minimum absolute atomic E-state index is 0.0195. The van der Waals surface area contributed by atoms with Crippen molar-refractivity contribution in [2.45, 2.75) is 270 Å². The number of thioether (sulfide) groups is 2. The first-order chi connectivity index (χ1) is 55.0. The highest BCUT2D eigenvalue weighted by molar-refractivity contribution is 8.00. The van der Waals surface area contributed by atoms with Crippen molar-refractivity contribution < 1.29 is 91.4 Å². The summed E-state index contributed by atoms with van der Waals surface area (Å²) >= 11 is 10.1. The highest BCUT2D eigenvalue weighted by Crippen LogP contribution is 2.41. The van der Waals surface area contributed by atoms with Crippen molar-refractivity contribution in [1.82, 2.24) is 52.3 Å². The van der Waals surface area contributed by atoms with E-state index < -0.39 is 60.4 Å². The maximum Gasteiger partial charge on any atom is 0.410 e. The Hall–Kier alpha value is -7.45. The zero-order valence-electron chi connectivity index (χ0n) is 71.2. The Morgan fingerprint density at radius 1 is 0.530 bits per heavy atom. The van der Waals surface area contributed by atoms with E-state index in [0.29, 0.717) is 68.6 Å². The summed E-state index contributed by atoms with van der Waals surface area (Å²) in [6.45, 7) is 38.6. The Morgan fingerprint density at radius 3 is 1.43 bits per heavy atom. The quantitative estimate of drug-likeness (QED) is 0.0257. The van der Waals surface area contributed by atoms with Crippen LogP contribution >= 0.6 is 68.9 Å². The fourth-order valence-electron chi connectivity index (χ4n) is 12.4. The number of fused-ring (bicyclic) bond motifs is 3. The third-order valence-electron chi connectivity index (χ3n) is 17.8. The largest absolute Gasteiger partial charge is 0.480 e. The molecule has 10 rings (SSSR count). The van der Waals surface area contributed by atoms with Gasteiger partial charge >= 0.3 is 42.4 Å². The number of epoxide rings is 1. The van der Waals surface area contributed by atoms with Gasteiger partial charge in [0.1, 0.15) is 36.3 Å². The summed E-state index contributed by atoms with van der Waals surface area (Å²) in [5, 5.41) is 49.2. The van der Waals surface area contributed by atoms with E-state index in [1.807, 2.05) is 178 Å². The van der Waals surface area contributed by atoms with Gasteiger partial charge in [-0.15, -0.1) is 45.3 Å². The molecule has 10 heterocycles. The lowest BCUT2D eigenvalue weighted by atomic mass is 9.90. The van der Waals surface area contributed by atoms with Crippen molar-refractivity contribution in [3.8, 4) is 0 Å². The predicted octanol–water partition coefficient (Wildman–Crippen LogP) is 11.6. The van der Waals surface area contributed by atoms with Crippen LogP contribution < -0.4 is 48.3 Å². The first-order valence-electron chi connectivity index (χ1n) is 39.9. The molecule has 5 fully saturated rings. The molecule has 30 nitrogen and oxygen atoms in total. The van der Waals surface area contributed by atoms with Crippen LogP contribution in [0.4, 0.5) is 24.0 Å². The number of aliphatic carboxylic acids is 2. The number of carbonyl (C=O) groups excluding carboxylic acids is 9. The van der Waals surface area contributed by atoms with Gasteiger partial charge in [-0.2, -0.15) is 23.5 Å². The summed E-state index contributed by atoms with van der Waals surface area (Å²) in [6.07, 6.45) is 4.55.